The SMILES string of the molecule is Cc1ccc(C(F)(F)F)c(-c2ccccc2)c1C(F)(F)F. The zero-order chi connectivity index (χ0) is 15.8. The number of aryl methyl sites for hydroxylation is 1. The second-order valence-corrected chi connectivity index (χ2v) is 4.54. The fourth-order valence-electron chi connectivity index (χ4n) is 2.21. The predicted octanol–water partition coefficient (Wildman–Crippen LogP) is 5.70. The Labute approximate surface area is 117 Å². The van der Waals surface area contributed by atoms with E-state index in [4.69, 9.17) is 0 Å². The zero-order valence-corrected chi connectivity index (χ0v) is 10.8. The summed E-state index contributed by atoms with van der Waals surface area (Å²) in [5.74, 6) is 0. The van der Waals surface area contributed by atoms with Crippen molar-refractivity contribution in [3.8, 4) is 11.1 Å². The van der Waals surface area contributed by atoms with E-state index in [-0.39, 0.29) is 11.1 Å². The van der Waals surface area contributed by atoms with Crippen LogP contribution in [0.4, 0.5) is 26.3 Å². The van der Waals surface area contributed by atoms with Gasteiger partial charge in [0.2, 0.25) is 0 Å². The smallest absolute Gasteiger partial charge is 0.166 e. The summed E-state index contributed by atoms with van der Waals surface area (Å²) in [5, 5.41) is 0. The van der Waals surface area contributed by atoms with E-state index in [0.717, 1.165) is 13.0 Å². The maximum atomic E-state index is 13.2. The van der Waals surface area contributed by atoms with Gasteiger partial charge in [-0.25, -0.2) is 0 Å². The molecule has 0 spiro atoms. The number of alkyl halides is 6. The predicted molar refractivity (Wildman–Crippen MR) is 66.6 cm³/mol. The molecule has 0 heterocycles. The van der Waals surface area contributed by atoms with Gasteiger partial charge < -0.3 is 0 Å². The van der Waals surface area contributed by atoms with E-state index in [1.807, 2.05) is 0 Å². The monoisotopic (exact) mass is 304 g/mol. The largest absolute Gasteiger partial charge is 0.417 e. The molecule has 0 saturated carbocycles. The molecule has 2 aromatic carbocycles. The zero-order valence-electron chi connectivity index (χ0n) is 10.8. The number of hydrogen-bond acceptors (Lipinski definition) is 0. The molecule has 0 N–H and O–H groups in total. The van der Waals surface area contributed by atoms with Gasteiger partial charge in [0.1, 0.15) is 0 Å². The first-order valence-electron chi connectivity index (χ1n) is 5.96. The van der Waals surface area contributed by atoms with E-state index < -0.39 is 29.0 Å². The standard InChI is InChI=1S/C15H10F6/c1-9-7-8-11(14(16,17)18)12(13(9)15(19,20)21)10-5-3-2-4-6-10/h2-8H,1H3. The van der Waals surface area contributed by atoms with Gasteiger partial charge >= 0.3 is 12.4 Å². The van der Waals surface area contributed by atoms with Crippen molar-refractivity contribution in [1.29, 1.82) is 0 Å². The minimum Gasteiger partial charge on any atom is -0.166 e. The summed E-state index contributed by atoms with van der Waals surface area (Å²) in [5.41, 5.74) is -3.71. The van der Waals surface area contributed by atoms with Crippen molar-refractivity contribution >= 4 is 0 Å². The first kappa shape index (κ1) is 15.4. The molecular weight excluding hydrogens is 294 g/mol. The molecule has 21 heavy (non-hydrogen) atoms. The summed E-state index contributed by atoms with van der Waals surface area (Å²) in [6.07, 6.45) is -9.73. The van der Waals surface area contributed by atoms with E-state index in [0.29, 0.717) is 6.07 Å². The fraction of sp³-hybridized carbons (Fsp3) is 0.200. The van der Waals surface area contributed by atoms with Crippen LogP contribution in [-0.4, -0.2) is 0 Å². The molecule has 0 nitrogen and oxygen atoms in total. The van der Waals surface area contributed by atoms with E-state index in [2.05, 4.69) is 0 Å². The molecule has 0 aromatic heterocycles. The van der Waals surface area contributed by atoms with E-state index >= 15 is 0 Å². The molecule has 6 heteroatoms. The molecule has 0 unspecified atom stereocenters. The summed E-state index contributed by atoms with van der Waals surface area (Å²) in [6, 6.07) is 8.33. The molecule has 0 aliphatic rings. The minimum atomic E-state index is -4.86. The Morgan fingerprint density at radius 1 is 0.714 bits per heavy atom. The molecule has 0 amide bonds. The van der Waals surface area contributed by atoms with Crippen molar-refractivity contribution in [3.05, 3.63) is 59.2 Å². The molecule has 2 rings (SSSR count). The van der Waals surface area contributed by atoms with E-state index in [1.165, 1.54) is 30.3 Å². The molecular formula is C15H10F6. The van der Waals surface area contributed by atoms with Gasteiger partial charge in [-0.15, -0.1) is 0 Å². The fourth-order valence-corrected chi connectivity index (χ4v) is 2.21. The van der Waals surface area contributed by atoms with Crippen LogP contribution in [0.5, 0.6) is 0 Å². The van der Waals surface area contributed by atoms with E-state index in [9.17, 15) is 26.3 Å². The lowest BCUT2D eigenvalue weighted by Crippen LogP contribution is -2.15. The molecule has 112 valence electrons. The van der Waals surface area contributed by atoms with Crippen molar-refractivity contribution in [1.82, 2.24) is 0 Å². The van der Waals surface area contributed by atoms with Crippen LogP contribution < -0.4 is 0 Å². The second kappa shape index (κ2) is 5.09. The molecule has 2 aromatic rings. The molecule has 0 atom stereocenters. The highest BCUT2D eigenvalue weighted by Crippen LogP contribution is 2.45. The lowest BCUT2D eigenvalue weighted by Gasteiger charge is -2.21. The first-order valence-corrected chi connectivity index (χ1v) is 5.96. The first-order chi connectivity index (χ1) is 9.62. The van der Waals surface area contributed by atoms with Crippen LogP contribution >= 0.6 is 0 Å². The minimum absolute atomic E-state index is 0.110. The maximum Gasteiger partial charge on any atom is 0.417 e. The summed E-state index contributed by atoms with van der Waals surface area (Å²) in [7, 11) is 0. The normalized spacial score (nSPS) is 12.5. The lowest BCUT2D eigenvalue weighted by atomic mass is 9.90. The van der Waals surface area contributed by atoms with Crippen LogP contribution in [0.3, 0.4) is 0 Å². The summed E-state index contributed by atoms with van der Waals surface area (Å²) in [4.78, 5) is 0. The highest BCUT2D eigenvalue weighted by Gasteiger charge is 2.42. The third-order valence-electron chi connectivity index (χ3n) is 3.07. The Morgan fingerprint density at radius 2 is 1.29 bits per heavy atom. The maximum absolute atomic E-state index is 13.2. The Balaban J connectivity index is 2.89. The number of rotatable bonds is 1. The number of hydrogen-bond donors (Lipinski definition) is 0. The third kappa shape index (κ3) is 3.04. The summed E-state index contributed by atoms with van der Waals surface area (Å²) in [6.45, 7) is 1.15. The van der Waals surface area contributed by atoms with Crippen molar-refractivity contribution in [3.63, 3.8) is 0 Å². The van der Waals surface area contributed by atoms with Gasteiger partial charge in [-0.3, -0.25) is 0 Å². The second-order valence-electron chi connectivity index (χ2n) is 4.54. The molecule has 0 saturated heterocycles. The highest BCUT2D eigenvalue weighted by molar-refractivity contribution is 5.73. The summed E-state index contributed by atoms with van der Waals surface area (Å²) < 4.78 is 78.8. The van der Waals surface area contributed by atoms with Crippen molar-refractivity contribution in [2.75, 3.05) is 0 Å². The molecule has 0 aliphatic carbocycles. The molecule has 0 bridgehead atoms. The Bertz CT molecular complexity index is 638. The van der Waals surface area contributed by atoms with Crippen LogP contribution in [0.15, 0.2) is 42.5 Å². The number of benzene rings is 2. The average Bonchev–Trinajstić information content (AvgIpc) is 2.36. The van der Waals surface area contributed by atoms with Gasteiger partial charge in [0, 0.05) is 5.56 Å². The summed E-state index contributed by atoms with van der Waals surface area (Å²) >= 11 is 0. The van der Waals surface area contributed by atoms with Crippen molar-refractivity contribution in [2.45, 2.75) is 19.3 Å². The lowest BCUT2D eigenvalue weighted by molar-refractivity contribution is -0.142. The quantitative estimate of drug-likeness (QED) is 0.593. The van der Waals surface area contributed by atoms with Crippen LogP contribution in [0.1, 0.15) is 16.7 Å². The van der Waals surface area contributed by atoms with Gasteiger partial charge in [0.25, 0.3) is 0 Å². The molecule has 0 aliphatic heterocycles. The van der Waals surface area contributed by atoms with Crippen molar-refractivity contribution < 1.29 is 26.3 Å². The topological polar surface area (TPSA) is 0 Å². The van der Waals surface area contributed by atoms with Crippen LogP contribution in [0, 0.1) is 6.92 Å². The highest BCUT2D eigenvalue weighted by atomic mass is 19.4. The van der Waals surface area contributed by atoms with Crippen molar-refractivity contribution in [2.24, 2.45) is 0 Å². The van der Waals surface area contributed by atoms with Gasteiger partial charge in [0.15, 0.2) is 0 Å². The number of halogens is 6. The van der Waals surface area contributed by atoms with Gasteiger partial charge in [0.05, 0.1) is 11.1 Å². The van der Waals surface area contributed by atoms with Gasteiger partial charge in [-0.2, -0.15) is 26.3 Å². The Kier molecular flexibility index (Phi) is 3.74. The average molecular weight is 304 g/mol. The van der Waals surface area contributed by atoms with E-state index in [1.54, 1.807) is 0 Å². The molecule has 0 radical (unpaired) electrons. The van der Waals surface area contributed by atoms with Crippen LogP contribution in [0.2, 0.25) is 0 Å². The van der Waals surface area contributed by atoms with Gasteiger partial charge in [-0.05, 0) is 24.1 Å². The third-order valence-corrected chi connectivity index (χ3v) is 3.07. The van der Waals surface area contributed by atoms with Crippen LogP contribution in [-0.2, 0) is 12.4 Å². The Morgan fingerprint density at radius 3 is 1.76 bits per heavy atom. The Hall–Kier alpha value is -1.98. The van der Waals surface area contributed by atoms with Crippen LogP contribution in [0.25, 0.3) is 11.1 Å². The molecule has 0 fully saturated rings. The van der Waals surface area contributed by atoms with Gasteiger partial charge in [-0.1, -0.05) is 36.4 Å².